The first-order chi connectivity index (χ1) is 9.91. The van der Waals surface area contributed by atoms with Crippen molar-refractivity contribution >= 4 is 0 Å². The molecule has 1 aliphatic carbocycles. The number of rotatable bonds is 9. The van der Waals surface area contributed by atoms with Crippen LogP contribution in [0.1, 0.15) is 86.5 Å². The number of hydrogen-bond acceptors (Lipinski definition) is 2. The molecule has 1 saturated carbocycles. The van der Waals surface area contributed by atoms with Gasteiger partial charge in [-0.3, -0.25) is 4.90 Å². The van der Waals surface area contributed by atoms with E-state index in [0.717, 1.165) is 6.04 Å². The van der Waals surface area contributed by atoms with Gasteiger partial charge in [0.1, 0.15) is 0 Å². The first-order valence-corrected chi connectivity index (χ1v) is 9.40. The molecular weight excluding hydrogens is 256 g/mol. The van der Waals surface area contributed by atoms with E-state index in [4.69, 9.17) is 0 Å². The lowest BCUT2D eigenvalue weighted by Crippen LogP contribution is -2.56. The summed E-state index contributed by atoms with van der Waals surface area (Å²) in [5.41, 5.74) is 0.507. The van der Waals surface area contributed by atoms with Gasteiger partial charge < -0.3 is 5.32 Å². The van der Waals surface area contributed by atoms with E-state index in [1.165, 1.54) is 58.0 Å². The lowest BCUT2D eigenvalue weighted by molar-refractivity contribution is 0.0436. The van der Waals surface area contributed by atoms with Gasteiger partial charge in [0.25, 0.3) is 0 Å². The van der Waals surface area contributed by atoms with Crippen LogP contribution in [0.3, 0.4) is 0 Å². The van der Waals surface area contributed by atoms with Crippen molar-refractivity contribution in [3.63, 3.8) is 0 Å². The molecule has 1 fully saturated rings. The van der Waals surface area contributed by atoms with Crippen molar-refractivity contribution in [2.45, 2.75) is 105 Å². The van der Waals surface area contributed by atoms with Crippen LogP contribution < -0.4 is 5.32 Å². The van der Waals surface area contributed by atoms with Gasteiger partial charge in [0.2, 0.25) is 0 Å². The van der Waals surface area contributed by atoms with Crippen LogP contribution in [0.4, 0.5) is 0 Å². The molecule has 126 valence electrons. The predicted octanol–water partition coefficient (Wildman–Crippen LogP) is 4.83. The fourth-order valence-corrected chi connectivity index (χ4v) is 3.82. The molecule has 1 N–H and O–H groups in total. The summed E-state index contributed by atoms with van der Waals surface area (Å²) in [4.78, 5) is 2.80. The summed E-state index contributed by atoms with van der Waals surface area (Å²) in [6.07, 6.45) is 9.33. The van der Waals surface area contributed by atoms with Crippen molar-refractivity contribution in [1.82, 2.24) is 10.2 Å². The van der Waals surface area contributed by atoms with Gasteiger partial charge in [-0.05, 0) is 64.5 Å². The molecule has 0 bridgehead atoms. The molecule has 0 aliphatic heterocycles. The quantitative estimate of drug-likeness (QED) is 0.613. The molecule has 0 amide bonds. The lowest BCUT2D eigenvalue weighted by Gasteiger charge is -2.48. The number of hydrogen-bond donors (Lipinski definition) is 1. The Morgan fingerprint density at radius 2 is 1.86 bits per heavy atom. The zero-order chi connectivity index (χ0) is 15.9. The fraction of sp³-hybridized carbons (Fsp3) is 1.00. The molecule has 1 rings (SSSR count). The maximum atomic E-state index is 3.84. The zero-order valence-electron chi connectivity index (χ0n) is 15.5. The fourth-order valence-electron chi connectivity index (χ4n) is 3.82. The van der Waals surface area contributed by atoms with Crippen LogP contribution in [0, 0.1) is 5.41 Å². The van der Waals surface area contributed by atoms with E-state index in [9.17, 15) is 0 Å². The van der Waals surface area contributed by atoms with E-state index < -0.39 is 0 Å². The third-order valence-corrected chi connectivity index (χ3v) is 5.12. The summed E-state index contributed by atoms with van der Waals surface area (Å²) in [6, 6.07) is 2.07. The predicted molar refractivity (Wildman–Crippen MR) is 94.9 cm³/mol. The van der Waals surface area contributed by atoms with Crippen molar-refractivity contribution in [3.8, 4) is 0 Å². The summed E-state index contributed by atoms with van der Waals surface area (Å²) >= 11 is 0. The Hall–Kier alpha value is -0.0800. The third kappa shape index (κ3) is 6.28. The Morgan fingerprint density at radius 1 is 1.14 bits per heavy atom. The Balaban J connectivity index is 2.75. The van der Waals surface area contributed by atoms with Gasteiger partial charge in [-0.15, -0.1) is 0 Å². The van der Waals surface area contributed by atoms with Gasteiger partial charge in [-0.1, -0.05) is 40.5 Å². The van der Waals surface area contributed by atoms with Crippen molar-refractivity contribution in [3.05, 3.63) is 0 Å². The van der Waals surface area contributed by atoms with Gasteiger partial charge in [0.15, 0.2) is 0 Å². The minimum atomic E-state index is 0.507. The molecule has 1 aliphatic rings. The second-order valence-corrected chi connectivity index (χ2v) is 8.07. The second kappa shape index (κ2) is 9.15. The largest absolute Gasteiger partial charge is 0.312 e. The normalized spacial score (nSPS) is 25.7. The third-order valence-electron chi connectivity index (χ3n) is 5.12. The smallest absolute Gasteiger partial charge is 0.0257 e. The first kappa shape index (κ1) is 19.0. The van der Waals surface area contributed by atoms with Crippen molar-refractivity contribution in [1.29, 1.82) is 0 Å². The number of nitrogens with zero attached hydrogens (tertiary/aromatic N) is 1. The standard InChI is InChI=1S/C19H40N2/c1-7-9-10-14-21(16(3)4)18-15-19(5,6)12-11-17(18)20-13-8-2/h16-18,20H,7-15H2,1-6H3. The van der Waals surface area contributed by atoms with Crippen molar-refractivity contribution < 1.29 is 0 Å². The second-order valence-electron chi connectivity index (χ2n) is 8.07. The topological polar surface area (TPSA) is 15.3 Å². The van der Waals surface area contributed by atoms with E-state index >= 15 is 0 Å². The van der Waals surface area contributed by atoms with E-state index in [0.29, 0.717) is 17.5 Å². The molecule has 0 heterocycles. The molecule has 21 heavy (non-hydrogen) atoms. The SMILES string of the molecule is CCCCCN(C(C)C)C1CC(C)(C)CCC1NCCC. The van der Waals surface area contributed by atoms with Gasteiger partial charge >= 0.3 is 0 Å². The summed E-state index contributed by atoms with van der Waals surface area (Å²) < 4.78 is 0. The number of nitrogens with one attached hydrogen (secondary N) is 1. The minimum absolute atomic E-state index is 0.507. The van der Waals surface area contributed by atoms with Crippen LogP contribution in [-0.4, -0.2) is 36.1 Å². The summed E-state index contributed by atoms with van der Waals surface area (Å²) in [7, 11) is 0. The minimum Gasteiger partial charge on any atom is -0.312 e. The van der Waals surface area contributed by atoms with Crippen molar-refractivity contribution in [2.24, 2.45) is 5.41 Å². The van der Waals surface area contributed by atoms with Gasteiger partial charge in [-0.25, -0.2) is 0 Å². The summed E-state index contributed by atoms with van der Waals surface area (Å²) in [6.45, 7) is 16.7. The maximum Gasteiger partial charge on any atom is 0.0257 e. The maximum absolute atomic E-state index is 3.84. The van der Waals surface area contributed by atoms with Crippen LogP contribution in [0.5, 0.6) is 0 Å². The first-order valence-electron chi connectivity index (χ1n) is 9.40. The average molecular weight is 297 g/mol. The van der Waals surface area contributed by atoms with Crippen LogP contribution in [0.15, 0.2) is 0 Å². The van der Waals surface area contributed by atoms with Gasteiger partial charge in [-0.2, -0.15) is 0 Å². The van der Waals surface area contributed by atoms with Crippen LogP contribution >= 0.6 is 0 Å². The van der Waals surface area contributed by atoms with Crippen molar-refractivity contribution in [2.75, 3.05) is 13.1 Å². The van der Waals surface area contributed by atoms with Crippen LogP contribution in [0.25, 0.3) is 0 Å². The Kier molecular flexibility index (Phi) is 8.26. The highest BCUT2D eigenvalue weighted by Crippen LogP contribution is 2.38. The Labute approximate surface area is 134 Å². The molecule has 0 radical (unpaired) electrons. The van der Waals surface area contributed by atoms with E-state index in [1.807, 2.05) is 0 Å². The summed E-state index contributed by atoms with van der Waals surface area (Å²) in [5.74, 6) is 0. The van der Waals surface area contributed by atoms with Gasteiger partial charge in [0.05, 0.1) is 0 Å². The zero-order valence-corrected chi connectivity index (χ0v) is 15.5. The highest BCUT2D eigenvalue weighted by Gasteiger charge is 2.38. The molecule has 2 nitrogen and oxygen atoms in total. The molecular formula is C19H40N2. The van der Waals surface area contributed by atoms with Crippen LogP contribution in [-0.2, 0) is 0 Å². The van der Waals surface area contributed by atoms with Gasteiger partial charge in [0, 0.05) is 18.1 Å². The molecule has 2 unspecified atom stereocenters. The summed E-state index contributed by atoms with van der Waals surface area (Å²) in [5, 5.41) is 3.84. The van der Waals surface area contributed by atoms with E-state index in [-0.39, 0.29) is 0 Å². The molecule has 0 aromatic rings. The molecule has 0 spiro atoms. The monoisotopic (exact) mass is 296 g/mol. The molecule has 2 heteroatoms. The Bertz CT molecular complexity index is 273. The molecule has 0 saturated heterocycles. The van der Waals surface area contributed by atoms with E-state index in [2.05, 4.69) is 51.8 Å². The van der Waals surface area contributed by atoms with E-state index in [1.54, 1.807) is 0 Å². The lowest BCUT2D eigenvalue weighted by atomic mass is 9.72. The molecule has 0 aromatic heterocycles. The number of unbranched alkanes of at least 4 members (excludes halogenated alkanes) is 2. The Morgan fingerprint density at radius 3 is 2.43 bits per heavy atom. The molecule has 2 atom stereocenters. The molecule has 0 aromatic carbocycles. The highest BCUT2D eigenvalue weighted by atomic mass is 15.2. The highest BCUT2D eigenvalue weighted by molar-refractivity contribution is 4.95. The average Bonchev–Trinajstić information content (AvgIpc) is 2.41. The van der Waals surface area contributed by atoms with Crippen LogP contribution in [0.2, 0.25) is 0 Å².